The first-order chi connectivity index (χ1) is 12.6. The molecule has 2 saturated carbocycles. The SMILES string of the molecule is Cc1ccc(N2C(=O)[C@@H]3[C@@H]4C[C@@H]([C@H]3C2=O)[C@@H](c2ccccc2)C4)cc1Cl. The van der Waals surface area contributed by atoms with Crippen LogP contribution in [-0.4, -0.2) is 11.8 Å². The number of rotatable bonds is 2. The maximum absolute atomic E-state index is 13.2. The molecule has 0 spiro atoms. The van der Waals surface area contributed by atoms with Crippen LogP contribution in [0, 0.1) is 30.6 Å². The number of halogens is 1. The zero-order chi connectivity index (χ0) is 18.0. The quantitative estimate of drug-likeness (QED) is 0.730. The van der Waals surface area contributed by atoms with Gasteiger partial charge in [-0.25, -0.2) is 4.90 Å². The minimum Gasteiger partial charge on any atom is -0.274 e. The summed E-state index contributed by atoms with van der Waals surface area (Å²) in [7, 11) is 0. The Kier molecular flexibility index (Phi) is 3.51. The van der Waals surface area contributed by atoms with Gasteiger partial charge in [-0.2, -0.15) is 0 Å². The van der Waals surface area contributed by atoms with Crippen molar-refractivity contribution in [2.24, 2.45) is 23.7 Å². The van der Waals surface area contributed by atoms with Crippen molar-refractivity contribution in [1.82, 2.24) is 0 Å². The van der Waals surface area contributed by atoms with Gasteiger partial charge in [-0.3, -0.25) is 9.59 Å². The highest BCUT2D eigenvalue weighted by molar-refractivity contribution is 6.32. The number of fused-ring (bicyclic) bond motifs is 5. The Morgan fingerprint density at radius 1 is 0.962 bits per heavy atom. The molecule has 5 rings (SSSR count). The van der Waals surface area contributed by atoms with E-state index in [2.05, 4.69) is 24.3 Å². The molecule has 3 fully saturated rings. The van der Waals surface area contributed by atoms with Gasteiger partial charge in [-0.1, -0.05) is 48.0 Å². The number of anilines is 1. The zero-order valence-electron chi connectivity index (χ0n) is 14.6. The molecule has 0 N–H and O–H groups in total. The third kappa shape index (κ3) is 2.13. The summed E-state index contributed by atoms with van der Waals surface area (Å²) in [5, 5.41) is 0.588. The Morgan fingerprint density at radius 3 is 2.42 bits per heavy atom. The largest absolute Gasteiger partial charge is 0.274 e. The van der Waals surface area contributed by atoms with E-state index in [4.69, 9.17) is 11.6 Å². The third-order valence-electron chi connectivity index (χ3n) is 6.66. The second kappa shape index (κ2) is 5.68. The van der Waals surface area contributed by atoms with Crippen molar-refractivity contribution in [3.8, 4) is 0 Å². The van der Waals surface area contributed by atoms with Crippen molar-refractivity contribution in [2.75, 3.05) is 4.90 Å². The van der Waals surface area contributed by atoms with E-state index in [-0.39, 0.29) is 29.6 Å². The standard InChI is InChI=1S/C22H20ClNO2/c1-12-7-8-15(11-18(12)23)24-21(25)19-14-9-16(13-5-3-2-4-6-13)17(10-14)20(19)22(24)26/h2-8,11,14,16-17,19-20H,9-10H2,1H3/t14-,16+,17+,19+,20+/m0/s1. The van der Waals surface area contributed by atoms with E-state index in [0.717, 1.165) is 18.4 Å². The van der Waals surface area contributed by atoms with Crippen molar-refractivity contribution in [2.45, 2.75) is 25.7 Å². The summed E-state index contributed by atoms with van der Waals surface area (Å²) >= 11 is 6.23. The molecule has 26 heavy (non-hydrogen) atoms. The predicted molar refractivity (Wildman–Crippen MR) is 101 cm³/mol. The van der Waals surface area contributed by atoms with E-state index in [1.54, 1.807) is 6.07 Å². The Morgan fingerprint density at radius 2 is 1.69 bits per heavy atom. The lowest BCUT2D eigenvalue weighted by molar-refractivity contribution is -0.123. The molecule has 3 aliphatic rings. The number of carbonyl (C=O) groups excluding carboxylic acids is 2. The van der Waals surface area contributed by atoms with E-state index in [9.17, 15) is 9.59 Å². The Bertz CT molecular complexity index is 910. The second-order valence-electron chi connectivity index (χ2n) is 7.91. The summed E-state index contributed by atoms with van der Waals surface area (Å²) < 4.78 is 0. The number of benzene rings is 2. The minimum absolute atomic E-state index is 0.0288. The number of carbonyl (C=O) groups is 2. The number of hydrogen-bond donors (Lipinski definition) is 0. The van der Waals surface area contributed by atoms with Gasteiger partial charge in [0.25, 0.3) is 0 Å². The van der Waals surface area contributed by atoms with Crippen molar-refractivity contribution >= 4 is 29.1 Å². The normalized spacial score (nSPS) is 32.4. The fourth-order valence-electron chi connectivity index (χ4n) is 5.52. The van der Waals surface area contributed by atoms with Crippen LogP contribution in [0.2, 0.25) is 5.02 Å². The number of aryl methyl sites for hydroxylation is 1. The molecule has 1 heterocycles. The topological polar surface area (TPSA) is 37.4 Å². The first kappa shape index (κ1) is 16.1. The number of imide groups is 1. The molecule has 0 unspecified atom stereocenters. The van der Waals surface area contributed by atoms with Crippen LogP contribution < -0.4 is 4.90 Å². The van der Waals surface area contributed by atoms with Crippen molar-refractivity contribution < 1.29 is 9.59 Å². The third-order valence-corrected chi connectivity index (χ3v) is 7.06. The summed E-state index contributed by atoms with van der Waals surface area (Å²) in [4.78, 5) is 27.7. The van der Waals surface area contributed by atoms with Gasteiger partial charge in [-0.05, 0) is 60.8 Å². The van der Waals surface area contributed by atoms with E-state index in [0.29, 0.717) is 22.5 Å². The van der Waals surface area contributed by atoms with E-state index >= 15 is 0 Å². The van der Waals surface area contributed by atoms with Gasteiger partial charge in [0, 0.05) is 5.02 Å². The molecule has 2 aromatic rings. The Labute approximate surface area is 158 Å². The van der Waals surface area contributed by atoms with Gasteiger partial charge in [0.05, 0.1) is 17.5 Å². The van der Waals surface area contributed by atoms with Gasteiger partial charge in [0.2, 0.25) is 11.8 Å². The first-order valence-electron chi connectivity index (χ1n) is 9.25. The first-order valence-corrected chi connectivity index (χ1v) is 9.63. The van der Waals surface area contributed by atoms with Crippen LogP contribution >= 0.6 is 11.6 Å². The molecule has 3 nitrogen and oxygen atoms in total. The summed E-state index contributed by atoms with van der Waals surface area (Å²) in [6.07, 6.45) is 2.01. The molecule has 2 bridgehead atoms. The van der Waals surface area contributed by atoms with Crippen LogP contribution in [0.15, 0.2) is 48.5 Å². The van der Waals surface area contributed by atoms with Crippen molar-refractivity contribution in [3.05, 3.63) is 64.7 Å². The van der Waals surface area contributed by atoms with Crippen molar-refractivity contribution in [1.29, 1.82) is 0 Å². The average molecular weight is 366 g/mol. The Hall–Kier alpha value is -2.13. The van der Waals surface area contributed by atoms with Gasteiger partial charge < -0.3 is 0 Å². The molecular formula is C22H20ClNO2. The fourth-order valence-corrected chi connectivity index (χ4v) is 5.69. The zero-order valence-corrected chi connectivity index (χ0v) is 15.3. The highest BCUT2D eigenvalue weighted by Gasteiger charge is 2.64. The number of amides is 2. The molecule has 2 aromatic carbocycles. The van der Waals surface area contributed by atoms with Gasteiger partial charge >= 0.3 is 0 Å². The lowest BCUT2D eigenvalue weighted by Crippen LogP contribution is -2.33. The maximum atomic E-state index is 13.2. The molecule has 4 heteroatoms. The van der Waals surface area contributed by atoms with Crippen LogP contribution in [0.25, 0.3) is 0 Å². The molecule has 132 valence electrons. The summed E-state index contributed by atoms with van der Waals surface area (Å²) in [5.41, 5.74) is 2.86. The molecule has 2 amide bonds. The molecule has 1 saturated heterocycles. The highest BCUT2D eigenvalue weighted by atomic mass is 35.5. The molecule has 5 atom stereocenters. The fraction of sp³-hybridized carbons (Fsp3) is 0.364. The van der Waals surface area contributed by atoms with Crippen LogP contribution in [0.1, 0.15) is 29.9 Å². The summed E-state index contributed by atoms with van der Waals surface area (Å²) in [5.74, 6) is 0.596. The van der Waals surface area contributed by atoms with Gasteiger partial charge in [0.1, 0.15) is 0 Å². The molecular weight excluding hydrogens is 346 g/mol. The second-order valence-corrected chi connectivity index (χ2v) is 8.32. The minimum atomic E-state index is -0.175. The van der Waals surface area contributed by atoms with E-state index < -0.39 is 0 Å². The van der Waals surface area contributed by atoms with Crippen molar-refractivity contribution in [3.63, 3.8) is 0 Å². The lowest BCUT2D eigenvalue weighted by atomic mass is 9.73. The van der Waals surface area contributed by atoms with E-state index in [1.807, 2.05) is 25.1 Å². The van der Waals surface area contributed by atoms with Gasteiger partial charge in [0.15, 0.2) is 0 Å². The summed E-state index contributed by atoms with van der Waals surface area (Å²) in [6.45, 7) is 1.92. The lowest BCUT2D eigenvalue weighted by Gasteiger charge is -2.28. The molecule has 2 aliphatic carbocycles. The molecule has 0 aromatic heterocycles. The monoisotopic (exact) mass is 365 g/mol. The summed E-state index contributed by atoms with van der Waals surface area (Å²) in [6, 6.07) is 15.9. The Balaban J connectivity index is 1.50. The highest BCUT2D eigenvalue weighted by Crippen LogP contribution is 2.61. The van der Waals surface area contributed by atoms with Crippen LogP contribution in [0.3, 0.4) is 0 Å². The van der Waals surface area contributed by atoms with E-state index in [1.165, 1.54) is 10.5 Å². The molecule has 1 aliphatic heterocycles. The van der Waals surface area contributed by atoms with Crippen LogP contribution in [0.5, 0.6) is 0 Å². The predicted octanol–water partition coefficient (Wildman–Crippen LogP) is 4.58. The number of nitrogens with zero attached hydrogens (tertiary/aromatic N) is 1. The number of hydrogen-bond acceptors (Lipinski definition) is 2. The maximum Gasteiger partial charge on any atom is 0.237 e. The average Bonchev–Trinajstić information content (AvgIpc) is 3.30. The van der Waals surface area contributed by atoms with Crippen LogP contribution in [0.4, 0.5) is 5.69 Å². The van der Waals surface area contributed by atoms with Gasteiger partial charge in [-0.15, -0.1) is 0 Å². The molecule has 0 radical (unpaired) electrons. The van der Waals surface area contributed by atoms with Crippen LogP contribution in [-0.2, 0) is 9.59 Å². The smallest absolute Gasteiger partial charge is 0.237 e.